The van der Waals surface area contributed by atoms with Crippen molar-refractivity contribution in [3.05, 3.63) is 74.8 Å². The van der Waals surface area contributed by atoms with E-state index >= 15 is 0 Å². The SMILES string of the molecule is Cc1cc(NC(=O)c2cc(Br)ccc2OC(F)F)nn1Cc1cccc(Cl)c1. The summed E-state index contributed by atoms with van der Waals surface area (Å²) in [5, 5.41) is 7.59. The fraction of sp³-hybridized carbons (Fsp3) is 0.158. The van der Waals surface area contributed by atoms with E-state index in [-0.39, 0.29) is 11.3 Å². The monoisotopic (exact) mass is 469 g/mol. The first-order chi connectivity index (χ1) is 13.3. The van der Waals surface area contributed by atoms with Crippen molar-refractivity contribution in [1.82, 2.24) is 9.78 Å². The number of halogens is 4. The van der Waals surface area contributed by atoms with E-state index in [0.29, 0.717) is 21.9 Å². The van der Waals surface area contributed by atoms with E-state index in [9.17, 15) is 13.6 Å². The van der Waals surface area contributed by atoms with Crippen LogP contribution >= 0.6 is 27.5 Å². The summed E-state index contributed by atoms with van der Waals surface area (Å²) in [6.07, 6.45) is 0. The van der Waals surface area contributed by atoms with Crippen LogP contribution in [0.4, 0.5) is 14.6 Å². The molecule has 0 unspecified atom stereocenters. The summed E-state index contributed by atoms with van der Waals surface area (Å²) >= 11 is 9.22. The topological polar surface area (TPSA) is 56.1 Å². The zero-order chi connectivity index (χ0) is 20.3. The molecule has 0 saturated carbocycles. The Morgan fingerprint density at radius 2 is 2.07 bits per heavy atom. The van der Waals surface area contributed by atoms with Gasteiger partial charge in [0.05, 0.1) is 12.1 Å². The Balaban J connectivity index is 1.79. The zero-order valence-corrected chi connectivity index (χ0v) is 17.0. The largest absolute Gasteiger partial charge is 0.434 e. The van der Waals surface area contributed by atoms with Crippen LogP contribution in [-0.4, -0.2) is 22.3 Å². The molecule has 3 aromatic rings. The van der Waals surface area contributed by atoms with E-state index < -0.39 is 12.5 Å². The molecule has 0 spiro atoms. The van der Waals surface area contributed by atoms with Gasteiger partial charge in [0.1, 0.15) is 5.75 Å². The second kappa shape index (κ2) is 8.70. The normalized spacial score (nSPS) is 10.9. The molecule has 5 nitrogen and oxygen atoms in total. The van der Waals surface area contributed by atoms with Gasteiger partial charge in [0, 0.05) is 21.3 Å². The Morgan fingerprint density at radius 3 is 2.79 bits per heavy atom. The van der Waals surface area contributed by atoms with E-state index in [4.69, 9.17) is 11.6 Å². The second-order valence-corrected chi connectivity index (χ2v) is 7.28. The van der Waals surface area contributed by atoms with Gasteiger partial charge >= 0.3 is 6.61 Å². The number of ether oxygens (including phenoxy) is 1. The summed E-state index contributed by atoms with van der Waals surface area (Å²) in [6, 6.07) is 13.3. The number of amides is 1. The maximum absolute atomic E-state index is 12.6. The summed E-state index contributed by atoms with van der Waals surface area (Å²) in [6.45, 7) is -0.719. The van der Waals surface area contributed by atoms with Crippen LogP contribution in [0.3, 0.4) is 0 Å². The van der Waals surface area contributed by atoms with Crippen LogP contribution in [0, 0.1) is 6.92 Å². The smallest absolute Gasteiger partial charge is 0.387 e. The maximum Gasteiger partial charge on any atom is 0.387 e. The predicted molar refractivity (Wildman–Crippen MR) is 106 cm³/mol. The summed E-state index contributed by atoms with van der Waals surface area (Å²) in [5.41, 5.74) is 1.74. The van der Waals surface area contributed by atoms with Gasteiger partial charge in [0.2, 0.25) is 0 Å². The fourth-order valence-corrected chi connectivity index (χ4v) is 3.18. The van der Waals surface area contributed by atoms with Crippen molar-refractivity contribution in [2.45, 2.75) is 20.1 Å². The molecular formula is C19H15BrClF2N3O2. The lowest BCUT2D eigenvalue weighted by Gasteiger charge is -2.10. The fourth-order valence-electron chi connectivity index (χ4n) is 2.60. The summed E-state index contributed by atoms with van der Waals surface area (Å²) in [7, 11) is 0. The third-order valence-electron chi connectivity index (χ3n) is 3.85. The molecule has 0 aliphatic heterocycles. The number of aryl methyl sites for hydroxylation is 1. The Labute approximate surface area is 173 Å². The Morgan fingerprint density at radius 1 is 1.29 bits per heavy atom. The average molecular weight is 471 g/mol. The van der Waals surface area contributed by atoms with Gasteiger partial charge in [-0.15, -0.1) is 0 Å². The number of hydrogen-bond donors (Lipinski definition) is 1. The second-order valence-electron chi connectivity index (χ2n) is 5.93. The standard InChI is InChI=1S/C19H15BrClF2N3O2/c1-11-7-17(25-26(11)10-12-3-2-4-14(21)8-12)24-18(27)15-9-13(20)5-6-16(15)28-19(22)23/h2-9,19H,10H2,1H3,(H,24,25,27). The number of benzene rings is 2. The maximum atomic E-state index is 12.6. The van der Waals surface area contributed by atoms with Crippen LogP contribution < -0.4 is 10.1 Å². The van der Waals surface area contributed by atoms with Crippen molar-refractivity contribution in [2.24, 2.45) is 0 Å². The summed E-state index contributed by atoms with van der Waals surface area (Å²) < 4.78 is 31.9. The minimum absolute atomic E-state index is 0.0308. The minimum atomic E-state index is -3.04. The molecule has 1 aromatic heterocycles. The van der Waals surface area contributed by atoms with Gasteiger partial charge in [0.25, 0.3) is 5.91 Å². The molecule has 0 atom stereocenters. The summed E-state index contributed by atoms with van der Waals surface area (Å²) in [4.78, 5) is 12.6. The number of aromatic nitrogens is 2. The molecule has 3 rings (SSSR count). The molecule has 0 aliphatic rings. The molecule has 0 aliphatic carbocycles. The molecule has 0 saturated heterocycles. The van der Waals surface area contributed by atoms with Gasteiger partial charge in [-0.1, -0.05) is 39.7 Å². The van der Waals surface area contributed by atoms with Gasteiger partial charge < -0.3 is 10.1 Å². The Bertz CT molecular complexity index is 1010. The Hall–Kier alpha value is -2.45. The van der Waals surface area contributed by atoms with E-state index in [2.05, 4.69) is 31.1 Å². The highest BCUT2D eigenvalue weighted by Gasteiger charge is 2.18. The number of nitrogens with zero attached hydrogens (tertiary/aromatic N) is 2. The molecule has 9 heteroatoms. The Kier molecular flexibility index (Phi) is 6.31. The van der Waals surface area contributed by atoms with Crippen molar-refractivity contribution in [3.8, 4) is 5.75 Å². The van der Waals surface area contributed by atoms with Crippen LogP contribution in [0.5, 0.6) is 5.75 Å². The van der Waals surface area contributed by atoms with E-state index in [0.717, 1.165) is 11.3 Å². The average Bonchev–Trinajstić information content (AvgIpc) is 2.95. The lowest BCUT2D eigenvalue weighted by Crippen LogP contribution is -2.15. The molecule has 2 aromatic carbocycles. The third-order valence-corrected chi connectivity index (χ3v) is 4.57. The molecule has 0 radical (unpaired) electrons. The first-order valence-electron chi connectivity index (χ1n) is 8.16. The molecular weight excluding hydrogens is 456 g/mol. The van der Waals surface area contributed by atoms with Crippen molar-refractivity contribution >= 4 is 39.3 Å². The quantitative estimate of drug-likeness (QED) is 0.517. The number of hydrogen-bond acceptors (Lipinski definition) is 3. The molecule has 0 fully saturated rings. The van der Waals surface area contributed by atoms with E-state index in [1.807, 2.05) is 25.1 Å². The molecule has 1 amide bonds. The van der Waals surface area contributed by atoms with Crippen LogP contribution in [0.1, 0.15) is 21.6 Å². The first kappa shape index (κ1) is 20.3. The van der Waals surface area contributed by atoms with Crippen LogP contribution in [0.2, 0.25) is 5.02 Å². The van der Waals surface area contributed by atoms with E-state index in [1.165, 1.54) is 18.2 Å². The minimum Gasteiger partial charge on any atom is -0.434 e. The lowest BCUT2D eigenvalue weighted by atomic mass is 10.2. The van der Waals surface area contributed by atoms with E-state index in [1.54, 1.807) is 16.8 Å². The zero-order valence-electron chi connectivity index (χ0n) is 14.6. The van der Waals surface area contributed by atoms with Crippen LogP contribution in [0.15, 0.2) is 53.0 Å². The highest BCUT2D eigenvalue weighted by Crippen LogP contribution is 2.26. The van der Waals surface area contributed by atoms with Crippen molar-refractivity contribution in [1.29, 1.82) is 0 Å². The number of anilines is 1. The number of carbonyl (C=O) groups is 1. The van der Waals surface area contributed by atoms with Gasteiger partial charge in [-0.2, -0.15) is 13.9 Å². The van der Waals surface area contributed by atoms with Gasteiger partial charge in [-0.3, -0.25) is 9.48 Å². The van der Waals surface area contributed by atoms with Crippen molar-refractivity contribution in [2.75, 3.05) is 5.32 Å². The molecule has 0 bridgehead atoms. The number of carbonyl (C=O) groups excluding carboxylic acids is 1. The first-order valence-corrected chi connectivity index (χ1v) is 9.33. The molecule has 1 heterocycles. The molecule has 28 heavy (non-hydrogen) atoms. The van der Waals surface area contributed by atoms with Crippen LogP contribution in [-0.2, 0) is 6.54 Å². The van der Waals surface area contributed by atoms with Crippen LogP contribution in [0.25, 0.3) is 0 Å². The highest BCUT2D eigenvalue weighted by atomic mass is 79.9. The van der Waals surface area contributed by atoms with Gasteiger partial charge in [-0.05, 0) is 42.8 Å². The highest BCUT2D eigenvalue weighted by molar-refractivity contribution is 9.10. The third kappa shape index (κ3) is 5.08. The predicted octanol–water partition coefficient (Wildman–Crippen LogP) is 5.51. The number of alkyl halides is 2. The molecule has 146 valence electrons. The van der Waals surface area contributed by atoms with Gasteiger partial charge in [0.15, 0.2) is 5.82 Å². The number of nitrogens with one attached hydrogen (secondary N) is 1. The lowest BCUT2D eigenvalue weighted by molar-refractivity contribution is -0.0501. The number of rotatable bonds is 6. The summed E-state index contributed by atoms with van der Waals surface area (Å²) in [5.74, 6) is -0.525. The van der Waals surface area contributed by atoms with Gasteiger partial charge in [-0.25, -0.2) is 0 Å². The van der Waals surface area contributed by atoms with Crippen molar-refractivity contribution < 1.29 is 18.3 Å². The van der Waals surface area contributed by atoms with Crippen molar-refractivity contribution in [3.63, 3.8) is 0 Å². The molecule has 1 N–H and O–H groups in total.